The Labute approximate surface area is 97.6 Å². The van der Waals surface area contributed by atoms with Crippen LogP contribution in [-0.4, -0.2) is 17.2 Å². The molecule has 1 unspecified atom stereocenters. The Morgan fingerprint density at radius 2 is 2.35 bits per heavy atom. The van der Waals surface area contributed by atoms with Crippen molar-refractivity contribution in [3.63, 3.8) is 0 Å². The molecule has 1 heterocycles. The van der Waals surface area contributed by atoms with Crippen LogP contribution in [0.1, 0.15) is 12.5 Å². The quantitative estimate of drug-likeness (QED) is 0.858. The van der Waals surface area contributed by atoms with Crippen molar-refractivity contribution in [1.82, 2.24) is 4.98 Å². The molecule has 2 rings (SSSR count). The van der Waals surface area contributed by atoms with E-state index >= 15 is 0 Å². The largest absolute Gasteiger partial charge is 0.446 e. The van der Waals surface area contributed by atoms with Crippen LogP contribution in [-0.2, 0) is 11.2 Å². The molecule has 3 N–H and O–H groups in total. The summed E-state index contributed by atoms with van der Waals surface area (Å²) in [5.41, 5.74) is 6.68. The van der Waals surface area contributed by atoms with Crippen molar-refractivity contribution in [3.8, 4) is 0 Å². The van der Waals surface area contributed by atoms with Crippen LogP contribution in [0.5, 0.6) is 0 Å². The highest BCUT2D eigenvalue weighted by atomic mass is 19.1. The number of carbonyl (C=O) groups excluding carboxylic acids is 1. The van der Waals surface area contributed by atoms with Crippen LogP contribution in [0, 0.1) is 5.82 Å². The van der Waals surface area contributed by atoms with Crippen molar-refractivity contribution >= 4 is 17.0 Å². The summed E-state index contributed by atoms with van der Waals surface area (Å²) in [5, 5.41) is 0.796. The highest BCUT2D eigenvalue weighted by molar-refractivity contribution is 5.83. The van der Waals surface area contributed by atoms with E-state index in [9.17, 15) is 9.18 Å². The number of amides is 1. The maximum atomic E-state index is 13.1. The molecule has 0 aliphatic carbocycles. The van der Waals surface area contributed by atoms with Crippen LogP contribution in [0.3, 0.4) is 0 Å². The Kier molecular flexibility index (Phi) is 2.99. The molecule has 4 nitrogen and oxygen atoms in total. The molecule has 1 amide bonds. The average Bonchev–Trinajstić information content (AvgIpc) is 2.60. The summed E-state index contributed by atoms with van der Waals surface area (Å²) in [6, 6.07) is 4.53. The number of aromatic amines is 1. The minimum atomic E-state index is -0.802. The Morgan fingerprint density at radius 3 is 3.06 bits per heavy atom. The van der Waals surface area contributed by atoms with E-state index in [-0.39, 0.29) is 11.9 Å². The topological polar surface area (TPSA) is 68.1 Å². The molecule has 0 saturated heterocycles. The zero-order valence-electron chi connectivity index (χ0n) is 9.37. The zero-order valence-corrected chi connectivity index (χ0v) is 9.37. The molecule has 1 aromatic heterocycles. The molecule has 0 aliphatic rings. The number of benzene rings is 1. The summed E-state index contributed by atoms with van der Waals surface area (Å²) >= 11 is 0. The van der Waals surface area contributed by atoms with Crippen LogP contribution >= 0.6 is 0 Å². The van der Waals surface area contributed by atoms with Gasteiger partial charge in [-0.3, -0.25) is 0 Å². The first-order valence-corrected chi connectivity index (χ1v) is 5.28. The molecular formula is C12H13FN2O2. The summed E-state index contributed by atoms with van der Waals surface area (Å²) in [6.07, 6.45) is 1.13. The number of fused-ring (bicyclic) bond motifs is 1. The minimum Gasteiger partial charge on any atom is -0.446 e. The lowest BCUT2D eigenvalue weighted by atomic mass is 10.1. The zero-order chi connectivity index (χ0) is 12.4. The van der Waals surface area contributed by atoms with Crippen LogP contribution in [0.4, 0.5) is 9.18 Å². The summed E-state index contributed by atoms with van der Waals surface area (Å²) in [5.74, 6) is -0.290. The smallest absolute Gasteiger partial charge is 0.404 e. The number of carbonyl (C=O) groups is 1. The van der Waals surface area contributed by atoms with Crippen LogP contribution in [0.15, 0.2) is 24.4 Å². The molecule has 0 fully saturated rings. The molecule has 0 saturated carbocycles. The molecule has 2 aromatic rings. The molecular weight excluding hydrogens is 223 g/mol. The maximum Gasteiger partial charge on any atom is 0.404 e. The van der Waals surface area contributed by atoms with Crippen LogP contribution in [0.2, 0.25) is 0 Å². The van der Waals surface area contributed by atoms with E-state index in [0.29, 0.717) is 6.42 Å². The van der Waals surface area contributed by atoms with Gasteiger partial charge in [0, 0.05) is 23.5 Å². The van der Waals surface area contributed by atoms with Crippen molar-refractivity contribution in [2.45, 2.75) is 19.4 Å². The first-order valence-electron chi connectivity index (χ1n) is 5.28. The second kappa shape index (κ2) is 4.45. The number of H-pyrrole nitrogens is 1. The van der Waals surface area contributed by atoms with Gasteiger partial charge in [0.15, 0.2) is 0 Å². The first kappa shape index (κ1) is 11.4. The Hall–Kier alpha value is -2.04. The fourth-order valence-electron chi connectivity index (χ4n) is 1.87. The third kappa shape index (κ3) is 2.55. The molecule has 0 aliphatic heterocycles. The lowest BCUT2D eigenvalue weighted by molar-refractivity contribution is 0.116. The minimum absolute atomic E-state index is 0.290. The summed E-state index contributed by atoms with van der Waals surface area (Å²) in [6.45, 7) is 1.74. The molecule has 1 atom stereocenters. The number of aromatic nitrogens is 1. The van der Waals surface area contributed by atoms with Crippen molar-refractivity contribution in [2.75, 3.05) is 0 Å². The summed E-state index contributed by atoms with van der Waals surface area (Å²) in [4.78, 5) is 13.6. The Bertz CT molecular complexity index is 550. The highest BCUT2D eigenvalue weighted by Gasteiger charge is 2.11. The Balaban J connectivity index is 2.24. The van der Waals surface area contributed by atoms with Gasteiger partial charge in [-0.2, -0.15) is 0 Å². The number of nitrogens with one attached hydrogen (secondary N) is 1. The Morgan fingerprint density at radius 1 is 1.59 bits per heavy atom. The van der Waals surface area contributed by atoms with Gasteiger partial charge in [0.1, 0.15) is 11.9 Å². The predicted molar refractivity (Wildman–Crippen MR) is 62.1 cm³/mol. The number of ether oxygens (including phenoxy) is 1. The van der Waals surface area contributed by atoms with E-state index in [2.05, 4.69) is 4.98 Å². The fourth-order valence-corrected chi connectivity index (χ4v) is 1.87. The first-order chi connectivity index (χ1) is 8.06. The highest BCUT2D eigenvalue weighted by Crippen LogP contribution is 2.21. The number of halogens is 1. The molecule has 0 spiro atoms. The maximum absolute atomic E-state index is 13.1. The van der Waals surface area contributed by atoms with Crippen LogP contribution in [0.25, 0.3) is 10.9 Å². The summed E-state index contributed by atoms with van der Waals surface area (Å²) < 4.78 is 18.0. The van der Waals surface area contributed by atoms with Crippen molar-refractivity contribution in [3.05, 3.63) is 35.8 Å². The summed E-state index contributed by atoms with van der Waals surface area (Å²) in [7, 11) is 0. The second-order valence-corrected chi connectivity index (χ2v) is 3.96. The predicted octanol–water partition coefficient (Wildman–Crippen LogP) is 2.33. The van der Waals surface area contributed by atoms with E-state index in [1.54, 1.807) is 19.2 Å². The van der Waals surface area contributed by atoms with Gasteiger partial charge in [-0.15, -0.1) is 0 Å². The van der Waals surface area contributed by atoms with Gasteiger partial charge in [-0.25, -0.2) is 9.18 Å². The molecule has 5 heteroatoms. The standard InChI is InChI=1S/C12H13FN2O2/c1-7(17-12(14)16)4-8-6-15-11-3-2-9(13)5-10(8)11/h2-3,5-7,15H,4H2,1H3,(H2,14,16). The monoisotopic (exact) mass is 236 g/mol. The average molecular weight is 236 g/mol. The van der Waals surface area contributed by atoms with Crippen molar-refractivity contribution < 1.29 is 13.9 Å². The second-order valence-electron chi connectivity index (χ2n) is 3.96. The fraction of sp³-hybridized carbons (Fsp3) is 0.250. The van der Waals surface area contributed by atoms with E-state index in [4.69, 9.17) is 10.5 Å². The molecule has 0 bridgehead atoms. The number of rotatable bonds is 3. The van der Waals surface area contributed by atoms with Gasteiger partial charge in [0.25, 0.3) is 0 Å². The van der Waals surface area contributed by atoms with Gasteiger partial charge in [-0.1, -0.05) is 0 Å². The SMILES string of the molecule is CC(Cc1c[nH]c2ccc(F)cc12)OC(N)=O. The van der Waals surface area contributed by atoms with Gasteiger partial charge in [0.2, 0.25) is 0 Å². The molecule has 90 valence electrons. The van der Waals surface area contributed by atoms with Gasteiger partial charge < -0.3 is 15.5 Å². The van der Waals surface area contributed by atoms with E-state index in [1.165, 1.54) is 12.1 Å². The van der Waals surface area contributed by atoms with Gasteiger partial charge >= 0.3 is 6.09 Å². The number of hydrogen-bond acceptors (Lipinski definition) is 2. The third-order valence-electron chi connectivity index (χ3n) is 2.55. The van der Waals surface area contributed by atoms with E-state index < -0.39 is 6.09 Å². The molecule has 1 aromatic carbocycles. The van der Waals surface area contributed by atoms with E-state index in [0.717, 1.165) is 16.5 Å². The number of primary amides is 1. The molecule has 0 radical (unpaired) electrons. The lowest BCUT2D eigenvalue weighted by Crippen LogP contribution is -2.21. The lowest BCUT2D eigenvalue weighted by Gasteiger charge is -2.10. The number of hydrogen-bond donors (Lipinski definition) is 2. The third-order valence-corrected chi connectivity index (χ3v) is 2.55. The number of nitrogens with two attached hydrogens (primary N) is 1. The van der Waals surface area contributed by atoms with E-state index in [1.807, 2.05) is 0 Å². The normalized spacial score (nSPS) is 12.6. The van der Waals surface area contributed by atoms with Crippen LogP contribution < -0.4 is 5.73 Å². The van der Waals surface area contributed by atoms with Gasteiger partial charge in [-0.05, 0) is 30.7 Å². The molecule has 17 heavy (non-hydrogen) atoms. The van der Waals surface area contributed by atoms with Crippen molar-refractivity contribution in [2.24, 2.45) is 5.73 Å². The van der Waals surface area contributed by atoms with Gasteiger partial charge in [0.05, 0.1) is 0 Å². The van der Waals surface area contributed by atoms with Crippen molar-refractivity contribution in [1.29, 1.82) is 0 Å².